The first-order chi connectivity index (χ1) is 17.0. The number of hydrogen-bond acceptors (Lipinski definition) is 5. The zero-order valence-corrected chi connectivity index (χ0v) is 19.4. The second-order valence-electron chi connectivity index (χ2n) is 7.94. The molecular formula is C26H20FN3O4S. The van der Waals surface area contributed by atoms with Gasteiger partial charge in [-0.25, -0.2) is 4.39 Å². The van der Waals surface area contributed by atoms with Gasteiger partial charge in [0, 0.05) is 34.0 Å². The van der Waals surface area contributed by atoms with Crippen LogP contribution in [0.15, 0.2) is 66.7 Å². The third-order valence-electron chi connectivity index (χ3n) is 5.66. The topological polar surface area (TPSA) is 87.7 Å². The fraction of sp³-hybridized carbons (Fsp3) is 0.115. The number of carbonyl (C=O) groups is 3. The van der Waals surface area contributed by atoms with E-state index in [1.165, 1.54) is 29.4 Å². The zero-order valence-electron chi connectivity index (χ0n) is 18.6. The number of benzene rings is 3. The Bertz CT molecular complexity index is 1470. The summed E-state index contributed by atoms with van der Waals surface area (Å²) in [6, 6.07) is 18.2. The van der Waals surface area contributed by atoms with Crippen molar-refractivity contribution in [2.24, 2.45) is 0 Å². The summed E-state index contributed by atoms with van der Waals surface area (Å²) in [5.74, 6) is -1.39. The van der Waals surface area contributed by atoms with Gasteiger partial charge >= 0.3 is 0 Å². The van der Waals surface area contributed by atoms with Gasteiger partial charge < -0.3 is 15.4 Å². The summed E-state index contributed by atoms with van der Waals surface area (Å²) in [4.78, 5) is 40.0. The minimum atomic E-state index is -0.402. The molecule has 0 saturated carbocycles. The number of thiophene rings is 1. The standard InChI is InChI=1S/C26H20FN3O4S/c1-34-14-17-23-18(27)5-4-8-21(23)35-24(17)25(32)28-16-11-9-15(10-12-16)26(33)30-13-22(31)29-19-6-2-3-7-20(19)30/h2-12H,13-14H2,1H3,(H,28,32)(H,29,31). The van der Waals surface area contributed by atoms with Crippen LogP contribution >= 0.6 is 11.3 Å². The molecule has 2 heterocycles. The number of anilines is 3. The number of hydrogen-bond donors (Lipinski definition) is 2. The molecule has 9 heteroatoms. The summed E-state index contributed by atoms with van der Waals surface area (Å²) in [6.07, 6.45) is 0. The Hall–Kier alpha value is -4.08. The number of carbonyl (C=O) groups excluding carboxylic acids is 3. The van der Waals surface area contributed by atoms with E-state index in [-0.39, 0.29) is 25.0 Å². The molecule has 7 nitrogen and oxygen atoms in total. The lowest BCUT2D eigenvalue weighted by Gasteiger charge is -2.29. The van der Waals surface area contributed by atoms with Gasteiger partial charge in [0.25, 0.3) is 11.8 Å². The number of fused-ring (bicyclic) bond motifs is 2. The predicted octanol–water partition coefficient (Wildman–Crippen LogP) is 5.04. The van der Waals surface area contributed by atoms with Crippen LogP contribution in [0.5, 0.6) is 0 Å². The summed E-state index contributed by atoms with van der Waals surface area (Å²) < 4.78 is 20.3. The van der Waals surface area contributed by atoms with Crippen molar-refractivity contribution in [1.29, 1.82) is 0 Å². The molecular weight excluding hydrogens is 469 g/mol. The summed E-state index contributed by atoms with van der Waals surface area (Å²) >= 11 is 1.20. The van der Waals surface area contributed by atoms with E-state index in [0.29, 0.717) is 43.2 Å². The maximum Gasteiger partial charge on any atom is 0.266 e. The molecule has 0 saturated heterocycles. The molecule has 0 spiro atoms. The van der Waals surface area contributed by atoms with Crippen molar-refractivity contribution in [3.63, 3.8) is 0 Å². The Kier molecular flexibility index (Phi) is 6.02. The van der Waals surface area contributed by atoms with Crippen LogP contribution in [0.25, 0.3) is 10.1 Å². The van der Waals surface area contributed by atoms with Crippen molar-refractivity contribution in [2.45, 2.75) is 6.61 Å². The molecule has 3 aromatic carbocycles. The van der Waals surface area contributed by atoms with Crippen molar-refractivity contribution >= 4 is 56.2 Å². The molecule has 0 atom stereocenters. The van der Waals surface area contributed by atoms with Crippen molar-refractivity contribution in [1.82, 2.24) is 0 Å². The molecule has 3 amide bonds. The number of rotatable bonds is 5. The number of halogens is 1. The molecule has 1 aliphatic heterocycles. The molecule has 1 aliphatic rings. The highest BCUT2D eigenvalue weighted by atomic mass is 32.1. The molecule has 2 N–H and O–H groups in total. The molecule has 0 aliphatic carbocycles. The Morgan fingerprint density at radius 1 is 1.09 bits per heavy atom. The monoisotopic (exact) mass is 489 g/mol. The van der Waals surface area contributed by atoms with Crippen LogP contribution in [-0.4, -0.2) is 31.4 Å². The third kappa shape index (κ3) is 4.27. The van der Waals surface area contributed by atoms with E-state index in [9.17, 15) is 18.8 Å². The number of amides is 3. The maximum absolute atomic E-state index is 14.4. The second-order valence-corrected chi connectivity index (χ2v) is 9.00. The van der Waals surface area contributed by atoms with Crippen LogP contribution in [0.1, 0.15) is 25.6 Å². The highest BCUT2D eigenvalue weighted by Crippen LogP contribution is 2.34. The van der Waals surface area contributed by atoms with Gasteiger partial charge in [-0.3, -0.25) is 19.3 Å². The molecule has 4 aromatic rings. The normalized spacial score (nSPS) is 12.9. The highest BCUT2D eigenvalue weighted by Gasteiger charge is 2.27. The van der Waals surface area contributed by atoms with Crippen LogP contribution < -0.4 is 15.5 Å². The largest absolute Gasteiger partial charge is 0.380 e. The highest BCUT2D eigenvalue weighted by molar-refractivity contribution is 7.21. The van der Waals surface area contributed by atoms with Gasteiger partial charge in [-0.1, -0.05) is 18.2 Å². The molecule has 0 radical (unpaired) electrons. The quantitative estimate of drug-likeness (QED) is 0.411. The average Bonchev–Trinajstić information content (AvgIpc) is 3.23. The van der Waals surface area contributed by atoms with Crippen molar-refractivity contribution in [3.05, 3.63) is 88.6 Å². The molecule has 0 bridgehead atoms. The van der Waals surface area contributed by atoms with E-state index in [0.717, 1.165) is 0 Å². The fourth-order valence-corrected chi connectivity index (χ4v) is 5.20. The lowest BCUT2D eigenvalue weighted by atomic mass is 10.1. The van der Waals surface area contributed by atoms with E-state index in [4.69, 9.17) is 4.74 Å². The van der Waals surface area contributed by atoms with E-state index < -0.39 is 11.7 Å². The first-order valence-corrected chi connectivity index (χ1v) is 11.6. The van der Waals surface area contributed by atoms with Crippen LogP contribution in [0, 0.1) is 5.82 Å². The van der Waals surface area contributed by atoms with Crippen LogP contribution in [-0.2, 0) is 16.1 Å². The smallest absolute Gasteiger partial charge is 0.266 e. The average molecular weight is 490 g/mol. The van der Waals surface area contributed by atoms with Gasteiger partial charge in [0.05, 0.1) is 22.9 Å². The third-order valence-corrected chi connectivity index (χ3v) is 6.86. The maximum atomic E-state index is 14.4. The minimum Gasteiger partial charge on any atom is -0.380 e. The van der Waals surface area contributed by atoms with Crippen molar-refractivity contribution < 1.29 is 23.5 Å². The number of methoxy groups -OCH3 is 1. The van der Waals surface area contributed by atoms with E-state index >= 15 is 0 Å². The van der Waals surface area contributed by atoms with Crippen molar-refractivity contribution in [3.8, 4) is 0 Å². The van der Waals surface area contributed by atoms with E-state index in [2.05, 4.69) is 10.6 Å². The lowest BCUT2D eigenvalue weighted by Crippen LogP contribution is -2.42. The molecule has 0 unspecified atom stereocenters. The fourth-order valence-electron chi connectivity index (χ4n) is 4.09. The number of nitrogens with one attached hydrogen (secondary N) is 2. The van der Waals surface area contributed by atoms with Gasteiger partial charge in [0.15, 0.2) is 0 Å². The Morgan fingerprint density at radius 3 is 2.63 bits per heavy atom. The zero-order chi connectivity index (χ0) is 24.5. The molecule has 176 valence electrons. The summed E-state index contributed by atoms with van der Waals surface area (Å²) in [5.41, 5.74) is 2.54. The van der Waals surface area contributed by atoms with Crippen LogP contribution in [0.4, 0.5) is 21.5 Å². The van der Waals surface area contributed by atoms with Gasteiger partial charge in [0.1, 0.15) is 12.4 Å². The van der Waals surface area contributed by atoms with Crippen molar-refractivity contribution in [2.75, 3.05) is 29.2 Å². The van der Waals surface area contributed by atoms with Crippen LogP contribution in [0.3, 0.4) is 0 Å². The molecule has 1 aromatic heterocycles. The number of para-hydroxylation sites is 2. The first kappa shape index (κ1) is 22.7. The number of nitrogens with zero attached hydrogens (tertiary/aromatic N) is 1. The molecule has 35 heavy (non-hydrogen) atoms. The van der Waals surface area contributed by atoms with Crippen LogP contribution in [0.2, 0.25) is 0 Å². The first-order valence-electron chi connectivity index (χ1n) is 10.8. The van der Waals surface area contributed by atoms with E-state index in [1.807, 2.05) is 0 Å². The van der Waals surface area contributed by atoms with E-state index in [1.54, 1.807) is 60.7 Å². The summed E-state index contributed by atoms with van der Waals surface area (Å²) in [5, 5.41) is 5.95. The Balaban J connectivity index is 1.37. The minimum absolute atomic E-state index is 0.0842. The lowest BCUT2D eigenvalue weighted by molar-refractivity contribution is -0.115. The number of ether oxygens (including phenoxy) is 1. The SMILES string of the molecule is COCc1c(C(=O)Nc2ccc(C(=O)N3CC(=O)Nc4ccccc43)cc2)sc2cccc(F)c12. The summed E-state index contributed by atoms with van der Waals surface area (Å²) in [6.45, 7) is 0.0150. The van der Waals surface area contributed by atoms with Gasteiger partial charge in [-0.2, -0.15) is 0 Å². The van der Waals surface area contributed by atoms with Gasteiger partial charge in [-0.05, 0) is 48.5 Å². The van der Waals surface area contributed by atoms with Gasteiger partial charge in [0.2, 0.25) is 5.91 Å². The summed E-state index contributed by atoms with van der Waals surface area (Å²) in [7, 11) is 1.49. The Labute approximate surface area is 204 Å². The predicted molar refractivity (Wildman–Crippen MR) is 134 cm³/mol. The molecule has 0 fully saturated rings. The second kappa shape index (κ2) is 9.28. The molecule has 5 rings (SSSR count). The Morgan fingerprint density at radius 2 is 1.86 bits per heavy atom. The van der Waals surface area contributed by atoms with Gasteiger partial charge in [-0.15, -0.1) is 11.3 Å².